The molecule has 1 aromatic carbocycles. The number of imide groups is 1. The number of nitrogens with zero attached hydrogens (tertiary/aromatic N) is 4. The molecule has 0 bridgehead atoms. The first-order valence-corrected chi connectivity index (χ1v) is 12.1. The van der Waals surface area contributed by atoms with Crippen molar-refractivity contribution in [1.82, 2.24) is 9.80 Å². The first kappa shape index (κ1) is 23.7. The minimum Gasteiger partial charge on any atom is -0.272 e. The number of benzene rings is 1. The first-order chi connectivity index (χ1) is 15.2. The molecule has 1 aliphatic heterocycles. The zero-order valence-corrected chi connectivity index (χ0v) is 20.1. The predicted octanol–water partition coefficient (Wildman–Crippen LogP) is 5.51. The lowest BCUT2D eigenvalue weighted by molar-refractivity contribution is -0.119. The van der Waals surface area contributed by atoms with Crippen molar-refractivity contribution in [2.75, 3.05) is 11.9 Å². The predicted molar refractivity (Wildman–Crippen MR) is 125 cm³/mol. The average Bonchev–Trinajstić information content (AvgIpc) is 3.49. The van der Waals surface area contributed by atoms with Crippen LogP contribution in [0.15, 0.2) is 29.3 Å². The molecule has 0 spiro atoms. The van der Waals surface area contributed by atoms with Gasteiger partial charge in [-0.05, 0) is 37.8 Å². The van der Waals surface area contributed by atoms with E-state index >= 15 is 0 Å². The van der Waals surface area contributed by atoms with Crippen LogP contribution in [0.2, 0.25) is 0 Å². The van der Waals surface area contributed by atoms with Gasteiger partial charge in [-0.2, -0.15) is 0 Å². The minimum atomic E-state index is -1.84. The van der Waals surface area contributed by atoms with E-state index in [0.29, 0.717) is 0 Å². The molecule has 6 nitrogen and oxygen atoms in total. The van der Waals surface area contributed by atoms with Crippen molar-refractivity contribution in [1.29, 1.82) is 0 Å². The van der Waals surface area contributed by atoms with Gasteiger partial charge in [-0.25, -0.2) is 19.1 Å². The number of amides is 3. The van der Waals surface area contributed by atoms with Crippen LogP contribution in [0.4, 0.5) is 14.9 Å². The van der Waals surface area contributed by atoms with Crippen LogP contribution in [0, 0.1) is 5.82 Å². The van der Waals surface area contributed by atoms with Crippen molar-refractivity contribution in [2.24, 2.45) is 4.99 Å². The van der Waals surface area contributed by atoms with Crippen LogP contribution in [0.5, 0.6) is 0 Å². The molecule has 174 valence electrons. The summed E-state index contributed by atoms with van der Waals surface area (Å²) in [7, 11) is 1.33. The number of para-hydroxylation sites is 1. The van der Waals surface area contributed by atoms with Crippen LogP contribution in [0.3, 0.4) is 0 Å². The molecule has 1 unspecified atom stereocenters. The van der Waals surface area contributed by atoms with E-state index in [2.05, 4.69) is 9.89 Å². The Kier molecular flexibility index (Phi) is 7.01. The monoisotopic (exact) mass is 502 g/mol. The topological polar surface area (TPSA) is 56.2 Å². The zero-order chi connectivity index (χ0) is 23.0. The summed E-state index contributed by atoms with van der Waals surface area (Å²) < 4.78 is 12.8. The Morgan fingerprint density at radius 2 is 1.56 bits per heavy atom. The number of anilines is 1. The molecule has 1 saturated heterocycles. The largest absolute Gasteiger partial charge is 0.337 e. The molecule has 2 saturated carbocycles. The van der Waals surface area contributed by atoms with E-state index in [4.69, 9.17) is 34.8 Å². The molecule has 2 aliphatic carbocycles. The third-order valence-corrected chi connectivity index (χ3v) is 7.18. The van der Waals surface area contributed by atoms with Crippen LogP contribution in [0.1, 0.15) is 51.4 Å². The fraction of sp³-hybridized carbons (Fsp3) is 0.591. The second-order valence-corrected chi connectivity index (χ2v) is 11.0. The number of amidine groups is 1. The Morgan fingerprint density at radius 1 is 1.03 bits per heavy atom. The maximum Gasteiger partial charge on any atom is 0.337 e. The van der Waals surface area contributed by atoms with Crippen LogP contribution in [0.25, 0.3) is 0 Å². The summed E-state index contributed by atoms with van der Waals surface area (Å²) in [5, 5.41) is 0. The van der Waals surface area contributed by atoms with Gasteiger partial charge in [0.15, 0.2) is 6.17 Å². The van der Waals surface area contributed by atoms with E-state index in [1.54, 1.807) is 6.07 Å². The van der Waals surface area contributed by atoms with Crippen LogP contribution in [-0.2, 0) is 4.79 Å². The van der Waals surface area contributed by atoms with Crippen molar-refractivity contribution in [2.45, 2.75) is 73.4 Å². The van der Waals surface area contributed by atoms with Crippen LogP contribution >= 0.6 is 34.8 Å². The third-order valence-electron chi connectivity index (χ3n) is 6.59. The number of carbonyl (C=O) groups excluding carboxylic acids is 2. The Labute approximate surface area is 202 Å². The average molecular weight is 504 g/mol. The maximum absolute atomic E-state index is 14.6. The molecule has 3 amide bonds. The molecule has 0 radical (unpaired) electrons. The number of hydrogen-bond acceptors (Lipinski definition) is 4. The summed E-state index contributed by atoms with van der Waals surface area (Å²) >= 11 is 19.4. The molecular formula is C22H26Cl3FN4O2. The molecular weight excluding hydrogens is 478 g/mol. The number of hydrogen-bond donors (Lipinski definition) is 0. The van der Waals surface area contributed by atoms with Gasteiger partial charge < -0.3 is 0 Å². The number of likely N-dealkylation sites (N-methyl/N-ethyl adjacent to an activating group) is 1. The van der Waals surface area contributed by atoms with Gasteiger partial charge in [-0.1, -0.05) is 72.6 Å². The van der Waals surface area contributed by atoms with Gasteiger partial charge in [0.2, 0.25) is 9.63 Å². The molecule has 0 N–H and O–H groups in total. The van der Waals surface area contributed by atoms with E-state index in [-0.39, 0.29) is 23.6 Å². The van der Waals surface area contributed by atoms with Crippen LogP contribution < -0.4 is 4.90 Å². The second-order valence-electron chi connectivity index (χ2n) is 8.63. The van der Waals surface area contributed by atoms with Gasteiger partial charge in [0.1, 0.15) is 5.82 Å². The molecule has 3 aliphatic rings. The van der Waals surface area contributed by atoms with E-state index in [0.717, 1.165) is 61.2 Å². The van der Waals surface area contributed by atoms with Gasteiger partial charge in [0.05, 0.1) is 5.69 Å². The number of carbonyl (C=O) groups is 2. The van der Waals surface area contributed by atoms with Gasteiger partial charge in [-0.3, -0.25) is 14.6 Å². The van der Waals surface area contributed by atoms with E-state index in [1.165, 1.54) is 25.2 Å². The zero-order valence-electron chi connectivity index (χ0n) is 17.8. The summed E-state index contributed by atoms with van der Waals surface area (Å²) in [5.74, 6) is -1.54. The number of halogens is 4. The molecule has 0 aromatic heterocycles. The van der Waals surface area contributed by atoms with Crippen molar-refractivity contribution in [3.8, 4) is 0 Å². The lowest BCUT2D eigenvalue weighted by Gasteiger charge is -2.41. The van der Waals surface area contributed by atoms with Gasteiger partial charge in [0.25, 0.3) is 5.91 Å². The fourth-order valence-electron chi connectivity index (χ4n) is 5.06. The quantitative estimate of drug-likeness (QED) is 0.393. The first-order valence-electron chi connectivity index (χ1n) is 11.0. The van der Waals surface area contributed by atoms with Gasteiger partial charge in [-0.15, -0.1) is 0 Å². The summed E-state index contributed by atoms with van der Waals surface area (Å²) in [6.45, 7) is 0. The highest BCUT2D eigenvalue weighted by Crippen LogP contribution is 2.42. The van der Waals surface area contributed by atoms with E-state index < -0.39 is 27.7 Å². The summed E-state index contributed by atoms with van der Waals surface area (Å²) in [6.07, 6.45) is 7.19. The van der Waals surface area contributed by atoms with E-state index in [1.807, 2.05) is 0 Å². The number of rotatable bonds is 5. The Bertz CT molecular complexity index is 895. The highest BCUT2D eigenvalue weighted by molar-refractivity contribution is 6.68. The standard InChI is InChI=1S/C22H26Cl3FN4O2/c1-28-19(31)18(30(21(28)32)17-13-7-6-12-16(17)26)27-20(22(23,24)25)29(14-8-2-3-9-14)15-10-4-5-11-15/h6-7,12-15,20H,2-5,8-11H2,1H3. The third kappa shape index (κ3) is 4.49. The Balaban J connectivity index is 1.81. The van der Waals surface area contributed by atoms with Crippen LogP contribution in [-0.4, -0.2) is 56.7 Å². The SMILES string of the molecule is CN1C(=O)C(=NC(N(C2CCCC2)C2CCCC2)C(Cl)(Cl)Cl)N(c2ccccc2F)C1=O. The van der Waals surface area contributed by atoms with Gasteiger partial charge >= 0.3 is 6.03 Å². The molecule has 4 rings (SSSR count). The normalized spacial score (nSPS) is 23.4. The Morgan fingerprint density at radius 3 is 2.06 bits per heavy atom. The maximum atomic E-state index is 14.6. The van der Waals surface area contributed by atoms with Crippen molar-refractivity contribution in [3.05, 3.63) is 30.1 Å². The molecule has 1 atom stereocenters. The second kappa shape index (κ2) is 9.45. The number of alkyl halides is 3. The minimum absolute atomic E-state index is 0.0645. The molecule has 3 fully saturated rings. The lowest BCUT2D eigenvalue weighted by Crippen LogP contribution is -2.53. The molecule has 10 heteroatoms. The lowest BCUT2D eigenvalue weighted by atomic mass is 10.1. The summed E-state index contributed by atoms with van der Waals surface area (Å²) in [5.41, 5.74) is -0.0645. The summed E-state index contributed by atoms with van der Waals surface area (Å²) in [6, 6.07) is 5.39. The van der Waals surface area contributed by atoms with Crippen molar-refractivity contribution >= 4 is 58.3 Å². The Hall–Kier alpha value is -1.41. The number of aliphatic imine (C=N–C) groups is 1. The highest BCUT2D eigenvalue weighted by atomic mass is 35.6. The summed E-state index contributed by atoms with van der Waals surface area (Å²) in [4.78, 5) is 34.5. The molecule has 1 heterocycles. The highest BCUT2D eigenvalue weighted by Gasteiger charge is 2.48. The van der Waals surface area contributed by atoms with Crippen molar-refractivity contribution < 1.29 is 14.0 Å². The fourth-order valence-corrected chi connectivity index (χ4v) is 5.55. The number of urea groups is 1. The smallest absolute Gasteiger partial charge is 0.272 e. The van der Waals surface area contributed by atoms with Gasteiger partial charge in [0, 0.05) is 19.1 Å². The molecule has 32 heavy (non-hydrogen) atoms. The molecule has 1 aromatic rings. The van der Waals surface area contributed by atoms with Crippen molar-refractivity contribution in [3.63, 3.8) is 0 Å². The van der Waals surface area contributed by atoms with E-state index in [9.17, 15) is 14.0 Å².